The molecule has 31 heavy (non-hydrogen) atoms. The quantitative estimate of drug-likeness (QED) is 0.474. The molecule has 2 aromatic carbocycles. The molecule has 7 nitrogen and oxygen atoms in total. The number of nitrogens with one attached hydrogen (secondary N) is 1. The first-order chi connectivity index (χ1) is 15.2. The maximum atomic E-state index is 12.0. The van der Waals surface area contributed by atoms with E-state index in [9.17, 15) is 4.79 Å². The van der Waals surface area contributed by atoms with Crippen molar-refractivity contribution in [1.29, 1.82) is 0 Å². The molecule has 4 rings (SSSR count). The Morgan fingerprint density at radius 3 is 2.65 bits per heavy atom. The summed E-state index contributed by atoms with van der Waals surface area (Å²) in [6.07, 6.45) is 3.16. The number of ether oxygens (including phenoxy) is 2. The molecule has 0 bridgehead atoms. The molecule has 0 spiro atoms. The van der Waals surface area contributed by atoms with Gasteiger partial charge in [-0.1, -0.05) is 36.4 Å². The fourth-order valence-electron chi connectivity index (χ4n) is 3.50. The van der Waals surface area contributed by atoms with E-state index in [1.165, 1.54) is 7.11 Å². The van der Waals surface area contributed by atoms with Crippen LogP contribution in [-0.2, 0) is 9.53 Å². The summed E-state index contributed by atoms with van der Waals surface area (Å²) in [6.45, 7) is 1.92. The van der Waals surface area contributed by atoms with Crippen LogP contribution in [0.2, 0.25) is 0 Å². The Hall–Kier alpha value is -3.71. The van der Waals surface area contributed by atoms with Crippen LogP contribution in [0.25, 0.3) is 16.7 Å². The normalized spacial score (nSPS) is 13.0. The molecule has 1 N–H and O–H groups in total. The summed E-state index contributed by atoms with van der Waals surface area (Å²) in [6, 6.07) is 21.1. The van der Waals surface area contributed by atoms with E-state index in [-0.39, 0.29) is 24.7 Å². The molecule has 0 radical (unpaired) electrons. The first-order valence-electron chi connectivity index (χ1n) is 10.0. The number of fused-ring (bicyclic) bond motifs is 1. The van der Waals surface area contributed by atoms with Gasteiger partial charge in [0.15, 0.2) is 5.82 Å². The van der Waals surface area contributed by atoms with Crippen molar-refractivity contribution in [2.24, 2.45) is 0 Å². The minimum atomic E-state index is -0.370. The van der Waals surface area contributed by atoms with Crippen LogP contribution in [0.5, 0.6) is 5.75 Å². The van der Waals surface area contributed by atoms with E-state index in [2.05, 4.69) is 15.4 Å². The number of amides is 1. The molecular weight excluding hydrogens is 392 g/mol. The number of pyridine rings is 1. The minimum absolute atomic E-state index is 0.00448. The number of hydrogen-bond acceptors (Lipinski definition) is 5. The van der Waals surface area contributed by atoms with Gasteiger partial charge in [-0.25, -0.2) is 9.67 Å². The monoisotopic (exact) mass is 416 g/mol. The van der Waals surface area contributed by atoms with E-state index in [0.717, 1.165) is 22.3 Å². The number of carbonyl (C=O) groups is 1. The third-order valence-electron chi connectivity index (χ3n) is 4.92. The van der Waals surface area contributed by atoms with Crippen molar-refractivity contribution in [1.82, 2.24) is 20.1 Å². The fourth-order valence-corrected chi connectivity index (χ4v) is 3.50. The zero-order valence-corrected chi connectivity index (χ0v) is 17.4. The molecule has 1 amide bonds. The fraction of sp³-hybridized carbons (Fsp3) is 0.208. The largest absolute Gasteiger partial charge is 0.484 e. The van der Waals surface area contributed by atoms with Crippen molar-refractivity contribution in [3.05, 3.63) is 84.7 Å². The van der Waals surface area contributed by atoms with E-state index in [1.807, 2.05) is 73.7 Å². The van der Waals surface area contributed by atoms with E-state index in [1.54, 1.807) is 17.1 Å². The topological polar surface area (TPSA) is 78.3 Å². The molecule has 4 aromatic rings. The second kappa shape index (κ2) is 9.40. The second-order valence-corrected chi connectivity index (χ2v) is 7.20. The highest BCUT2D eigenvalue weighted by molar-refractivity contribution is 5.81. The SMILES string of the molecule is COCC(=O)N[C@@H](C)[C@H](Oc1ccc2c(cnn2-c2ccccn2)c1)c1ccccc1. The summed E-state index contributed by atoms with van der Waals surface area (Å²) in [4.78, 5) is 16.4. The molecule has 0 unspecified atom stereocenters. The Kier molecular flexibility index (Phi) is 6.24. The van der Waals surface area contributed by atoms with Crippen LogP contribution >= 0.6 is 0 Å². The Morgan fingerprint density at radius 2 is 1.90 bits per heavy atom. The number of methoxy groups -OCH3 is 1. The van der Waals surface area contributed by atoms with Crippen LogP contribution in [-0.4, -0.2) is 40.4 Å². The van der Waals surface area contributed by atoms with Crippen LogP contribution in [0.3, 0.4) is 0 Å². The van der Waals surface area contributed by atoms with Crippen LogP contribution in [0.15, 0.2) is 79.1 Å². The second-order valence-electron chi connectivity index (χ2n) is 7.20. The number of benzene rings is 2. The van der Waals surface area contributed by atoms with Crippen molar-refractivity contribution in [2.45, 2.75) is 19.1 Å². The van der Waals surface area contributed by atoms with E-state index >= 15 is 0 Å². The van der Waals surface area contributed by atoms with Crippen molar-refractivity contribution < 1.29 is 14.3 Å². The molecule has 0 aliphatic rings. The van der Waals surface area contributed by atoms with Gasteiger partial charge >= 0.3 is 0 Å². The van der Waals surface area contributed by atoms with Crippen molar-refractivity contribution in [2.75, 3.05) is 13.7 Å². The standard InChI is InChI=1S/C24H24N4O3/c1-17(27-23(29)16-30-2)24(18-8-4-3-5-9-18)31-20-11-12-21-19(14-20)15-26-28(21)22-10-6-7-13-25-22/h3-15,17,24H,16H2,1-2H3,(H,27,29)/t17-,24-/m0/s1. The lowest BCUT2D eigenvalue weighted by atomic mass is 10.0. The van der Waals surface area contributed by atoms with E-state index < -0.39 is 0 Å². The van der Waals surface area contributed by atoms with Gasteiger partial charge in [0.2, 0.25) is 5.91 Å². The maximum absolute atomic E-state index is 12.0. The Bertz CT molecular complexity index is 1150. The number of carbonyl (C=O) groups excluding carboxylic acids is 1. The summed E-state index contributed by atoms with van der Waals surface area (Å²) >= 11 is 0. The van der Waals surface area contributed by atoms with Gasteiger partial charge in [0.05, 0.1) is 17.8 Å². The van der Waals surface area contributed by atoms with Gasteiger partial charge in [-0.15, -0.1) is 0 Å². The number of hydrogen-bond donors (Lipinski definition) is 1. The molecule has 0 aliphatic carbocycles. The lowest BCUT2D eigenvalue weighted by Gasteiger charge is -2.26. The van der Waals surface area contributed by atoms with Crippen LogP contribution in [0.1, 0.15) is 18.6 Å². The highest BCUT2D eigenvalue weighted by atomic mass is 16.5. The molecular formula is C24H24N4O3. The van der Waals surface area contributed by atoms with Crippen molar-refractivity contribution >= 4 is 16.8 Å². The predicted octanol–water partition coefficient (Wildman–Crippen LogP) is 3.69. The predicted molar refractivity (Wildman–Crippen MR) is 118 cm³/mol. The first-order valence-corrected chi connectivity index (χ1v) is 10.0. The van der Waals surface area contributed by atoms with Crippen molar-refractivity contribution in [3.63, 3.8) is 0 Å². The third-order valence-corrected chi connectivity index (χ3v) is 4.92. The Labute approximate surface area is 180 Å². The van der Waals surface area contributed by atoms with Crippen molar-refractivity contribution in [3.8, 4) is 11.6 Å². The van der Waals surface area contributed by atoms with Gasteiger partial charge in [0.1, 0.15) is 18.5 Å². The third kappa shape index (κ3) is 4.73. The van der Waals surface area contributed by atoms with Crippen LogP contribution in [0, 0.1) is 0 Å². The summed E-state index contributed by atoms with van der Waals surface area (Å²) in [5.41, 5.74) is 1.90. The highest BCUT2D eigenvalue weighted by Gasteiger charge is 2.23. The molecule has 0 saturated heterocycles. The molecule has 158 valence electrons. The van der Waals surface area contributed by atoms with Crippen LogP contribution in [0.4, 0.5) is 0 Å². The highest BCUT2D eigenvalue weighted by Crippen LogP contribution is 2.28. The smallest absolute Gasteiger partial charge is 0.246 e. The zero-order valence-electron chi connectivity index (χ0n) is 17.4. The Balaban J connectivity index is 1.61. The first kappa shape index (κ1) is 20.6. The molecule has 2 heterocycles. The number of aromatic nitrogens is 3. The Morgan fingerprint density at radius 1 is 1.10 bits per heavy atom. The number of rotatable bonds is 8. The summed E-state index contributed by atoms with van der Waals surface area (Å²) in [7, 11) is 1.50. The van der Waals surface area contributed by atoms with Gasteiger partial charge in [-0.2, -0.15) is 5.10 Å². The van der Waals surface area contributed by atoms with E-state index in [0.29, 0.717) is 5.75 Å². The van der Waals surface area contributed by atoms with E-state index in [4.69, 9.17) is 9.47 Å². The zero-order chi connectivity index (χ0) is 21.6. The maximum Gasteiger partial charge on any atom is 0.246 e. The van der Waals surface area contributed by atoms with Crippen LogP contribution < -0.4 is 10.1 Å². The lowest BCUT2D eigenvalue weighted by molar-refractivity contribution is -0.126. The summed E-state index contributed by atoms with van der Waals surface area (Å²) in [5.74, 6) is 1.25. The number of nitrogens with zero attached hydrogens (tertiary/aromatic N) is 3. The summed E-state index contributed by atoms with van der Waals surface area (Å²) in [5, 5.41) is 8.35. The average molecular weight is 416 g/mol. The van der Waals surface area contributed by atoms with Gasteiger partial charge in [0.25, 0.3) is 0 Å². The summed E-state index contributed by atoms with van der Waals surface area (Å²) < 4.78 is 13.1. The molecule has 0 aliphatic heterocycles. The lowest BCUT2D eigenvalue weighted by Crippen LogP contribution is -2.40. The van der Waals surface area contributed by atoms with Gasteiger partial charge in [-0.05, 0) is 42.8 Å². The van der Waals surface area contributed by atoms with Gasteiger partial charge in [0, 0.05) is 18.7 Å². The molecule has 2 aromatic heterocycles. The average Bonchev–Trinajstić information content (AvgIpc) is 3.22. The molecule has 2 atom stereocenters. The molecule has 0 saturated carbocycles. The van der Waals surface area contributed by atoms with Gasteiger partial charge < -0.3 is 14.8 Å². The minimum Gasteiger partial charge on any atom is -0.484 e. The molecule has 7 heteroatoms. The molecule has 0 fully saturated rings. The van der Waals surface area contributed by atoms with Gasteiger partial charge in [-0.3, -0.25) is 4.79 Å².